The molecule has 2 amide bonds. The Hall–Kier alpha value is -3.53. The zero-order valence-electron chi connectivity index (χ0n) is 23.3. The average molecular weight is 586 g/mol. The molecule has 2 fully saturated rings. The summed E-state index contributed by atoms with van der Waals surface area (Å²) in [5, 5.41) is 4.74. The fraction of sp³-hybridized carbons (Fsp3) is 0.667. The fourth-order valence-corrected chi connectivity index (χ4v) is 5.00. The third-order valence-electron chi connectivity index (χ3n) is 5.72. The van der Waals surface area contributed by atoms with Gasteiger partial charge in [-0.15, -0.1) is 0 Å². The molecular formula is C24H35N5O10S. The van der Waals surface area contributed by atoms with Crippen LogP contribution >= 0.6 is 11.8 Å². The zero-order valence-corrected chi connectivity index (χ0v) is 24.1. The molecule has 4 N–H and O–H groups in total. The molecular weight excluding hydrogens is 550 g/mol. The summed E-state index contributed by atoms with van der Waals surface area (Å²) < 4.78 is 27.7. The first-order chi connectivity index (χ1) is 18.6. The van der Waals surface area contributed by atoms with E-state index in [0.717, 1.165) is 18.7 Å². The molecule has 3 aliphatic rings. The SMILES string of the molecule is CC(=O)OC[C@H]1O[C@@H](N2C(=O)SC3=CNC(N)=NC32)[C@H](OC(=O)[C@@H](NC(=O)OC(C)(C)C)C(C)C)[C@H]1OC(C)=O. The van der Waals surface area contributed by atoms with Crippen molar-refractivity contribution in [3.63, 3.8) is 0 Å². The van der Waals surface area contributed by atoms with E-state index in [9.17, 15) is 24.0 Å². The standard InChI is InChI=1S/C24H35N5O10S/c1-10(2)15(27-22(33)39-24(5,6)7)20(32)38-17-16(36-12(4)31)13(9-35-11(3)30)37-19(17)29-18-14(40-23(29)34)8-26-21(25)28-18/h8,10,13,15-19H,9H2,1-7H3,(H,27,33)(H3,25,26,28)/t13-,15+,16+,17-,18?,19-/m1/s1. The van der Waals surface area contributed by atoms with Crippen molar-refractivity contribution in [3.05, 3.63) is 11.1 Å². The number of amides is 2. The molecule has 1 unspecified atom stereocenters. The van der Waals surface area contributed by atoms with Crippen molar-refractivity contribution in [2.24, 2.45) is 16.6 Å². The second kappa shape index (κ2) is 12.3. The first kappa shape index (κ1) is 31.0. The molecule has 0 aromatic carbocycles. The maximum Gasteiger partial charge on any atom is 0.408 e. The normalized spacial score (nSPS) is 26.6. The summed E-state index contributed by atoms with van der Waals surface area (Å²) in [7, 11) is 0. The lowest BCUT2D eigenvalue weighted by Gasteiger charge is -2.33. The van der Waals surface area contributed by atoms with E-state index < -0.39 is 77.5 Å². The predicted molar refractivity (Wildman–Crippen MR) is 140 cm³/mol. The summed E-state index contributed by atoms with van der Waals surface area (Å²) in [6.45, 7) is 10.4. The number of aliphatic imine (C=N–C) groups is 1. The van der Waals surface area contributed by atoms with Crippen LogP contribution in [0.4, 0.5) is 9.59 Å². The molecule has 3 aliphatic heterocycles. The van der Waals surface area contributed by atoms with E-state index in [0.29, 0.717) is 4.91 Å². The van der Waals surface area contributed by atoms with Gasteiger partial charge in [-0.1, -0.05) is 13.8 Å². The van der Waals surface area contributed by atoms with Crippen LogP contribution in [0.5, 0.6) is 0 Å². The van der Waals surface area contributed by atoms with Gasteiger partial charge in [0.15, 0.2) is 30.6 Å². The Bertz CT molecular complexity index is 1100. The van der Waals surface area contributed by atoms with Gasteiger partial charge in [-0.25, -0.2) is 14.6 Å². The molecule has 16 heteroatoms. The first-order valence-electron chi connectivity index (χ1n) is 12.5. The third-order valence-corrected chi connectivity index (χ3v) is 6.67. The van der Waals surface area contributed by atoms with Crippen LogP contribution < -0.4 is 16.4 Å². The van der Waals surface area contributed by atoms with E-state index in [1.807, 2.05) is 0 Å². The lowest BCUT2D eigenvalue weighted by molar-refractivity contribution is -0.171. The van der Waals surface area contributed by atoms with E-state index in [4.69, 9.17) is 29.4 Å². The number of carbonyl (C=O) groups is 5. The molecule has 0 bridgehead atoms. The molecule has 3 rings (SSSR count). The summed E-state index contributed by atoms with van der Waals surface area (Å²) in [6, 6.07) is -1.17. The number of esters is 3. The van der Waals surface area contributed by atoms with Gasteiger partial charge in [-0.3, -0.25) is 19.3 Å². The van der Waals surface area contributed by atoms with Crippen LogP contribution in [0.25, 0.3) is 0 Å². The Morgan fingerprint density at radius 3 is 2.42 bits per heavy atom. The molecule has 0 aromatic rings. The number of nitrogens with one attached hydrogen (secondary N) is 2. The maximum absolute atomic E-state index is 13.5. The van der Waals surface area contributed by atoms with Crippen LogP contribution in [0, 0.1) is 5.92 Å². The number of thioether (sulfide) groups is 1. The van der Waals surface area contributed by atoms with Gasteiger partial charge in [0.25, 0.3) is 5.24 Å². The van der Waals surface area contributed by atoms with Crippen molar-refractivity contribution < 1.29 is 47.7 Å². The van der Waals surface area contributed by atoms with Crippen molar-refractivity contribution in [2.75, 3.05) is 6.61 Å². The molecule has 222 valence electrons. The Labute approximate surface area is 235 Å². The number of carbonyl (C=O) groups excluding carboxylic acids is 5. The minimum Gasteiger partial charge on any atom is -0.463 e. The maximum atomic E-state index is 13.5. The number of fused-ring (bicyclic) bond motifs is 1. The molecule has 40 heavy (non-hydrogen) atoms. The van der Waals surface area contributed by atoms with Gasteiger partial charge >= 0.3 is 24.0 Å². The van der Waals surface area contributed by atoms with Crippen molar-refractivity contribution in [2.45, 2.75) is 90.8 Å². The number of guanidine groups is 1. The van der Waals surface area contributed by atoms with Gasteiger partial charge < -0.3 is 40.1 Å². The first-order valence-corrected chi connectivity index (χ1v) is 13.3. The molecule has 0 spiro atoms. The highest BCUT2D eigenvalue weighted by Gasteiger charge is 2.57. The second-order valence-corrected chi connectivity index (χ2v) is 11.6. The number of nitrogens with two attached hydrogens (primary N) is 1. The van der Waals surface area contributed by atoms with E-state index in [2.05, 4.69) is 15.6 Å². The summed E-state index contributed by atoms with van der Waals surface area (Å²) >= 11 is 0.863. The van der Waals surface area contributed by atoms with Crippen LogP contribution in [0.1, 0.15) is 48.5 Å². The van der Waals surface area contributed by atoms with Gasteiger partial charge in [0.05, 0.1) is 4.91 Å². The van der Waals surface area contributed by atoms with Crippen molar-refractivity contribution in [1.29, 1.82) is 0 Å². The summed E-state index contributed by atoms with van der Waals surface area (Å²) in [6.07, 6.45) is -5.34. The van der Waals surface area contributed by atoms with Gasteiger partial charge in [-0.2, -0.15) is 0 Å². The van der Waals surface area contributed by atoms with Crippen molar-refractivity contribution >= 4 is 47.0 Å². The zero-order chi connectivity index (χ0) is 29.9. The Morgan fingerprint density at radius 1 is 1.18 bits per heavy atom. The molecule has 3 heterocycles. The minimum atomic E-state index is -1.39. The molecule has 0 saturated carbocycles. The molecule has 0 radical (unpaired) electrons. The number of nitrogens with zero attached hydrogens (tertiary/aromatic N) is 2. The lowest BCUT2D eigenvalue weighted by atomic mass is 10.0. The predicted octanol–water partition coefficient (Wildman–Crippen LogP) is 0.921. The lowest BCUT2D eigenvalue weighted by Crippen LogP contribution is -2.54. The number of alkyl carbamates (subject to hydrolysis) is 1. The van der Waals surface area contributed by atoms with Crippen LogP contribution in [-0.2, 0) is 38.1 Å². The van der Waals surface area contributed by atoms with Crippen molar-refractivity contribution in [3.8, 4) is 0 Å². The smallest absolute Gasteiger partial charge is 0.408 e. The summed E-state index contributed by atoms with van der Waals surface area (Å²) in [5.41, 5.74) is 5.00. The number of rotatable bonds is 8. The monoisotopic (exact) mass is 585 g/mol. The Kier molecular flexibility index (Phi) is 9.56. The molecule has 6 atom stereocenters. The molecule has 0 aliphatic carbocycles. The summed E-state index contributed by atoms with van der Waals surface area (Å²) in [5.74, 6) is -2.67. The van der Waals surface area contributed by atoms with Crippen LogP contribution in [0.3, 0.4) is 0 Å². The van der Waals surface area contributed by atoms with Gasteiger partial charge in [0.1, 0.15) is 24.4 Å². The van der Waals surface area contributed by atoms with Crippen LogP contribution in [-0.4, -0.2) is 89.1 Å². The van der Waals surface area contributed by atoms with E-state index in [-0.39, 0.29) is 12.6 Å². The van der Waals surface area contributed by atoms with E-state index in [1.54, 1.807) is 34.6 Å². The second-order valence-electron chi connectivity index (χ2n) is 10.6. The highest BCUT2D eigenvalue weighted by Crippen LogP contribution is 2.42. The fourth-order valence-electron chi connectivity index (χ4n) is 4.09. The van der Waals surface area contributed by atoms with E-state index >= 15 is 0 Å². The van der Waals surface area contributed by atoms with Gasteiger partial charge in [-0.05, 0) is 38.5 Å². The molecule has 15 nitrogen and oxygen atoms in total. The highest BCUT2D eigenvalue weighted by atomic mass is 32.2. The Morgan fingerprint density at radius 2 is 1.85 bits per heavy atom. The number of ether oxygens (including phenoxy) is 5. The number of hydrogen-bond acceptors (Lipinski definition) is 14. The van der Waals surface area contributed by atoms with E-state index in [1.165, 1.54) is 18.0 Å². The molecule has 0 aromatic heterocycles. The minimum absolute atomic E-state index is 0.0371. The topological polar surface area (TPSA) is 197 Å². The van der Waals surface area contributed by atoms with Gasteiger partial charge in [0, 0.05) is 20.0 Å². The van der Waals surface area contributed by atoms with Crippen LogP contribution in [0.2, 0.25) is 0 Å². The number of hydrogen-bond donors (Lipinski definition) is 3. The highest BCUT2D eigenvalue weighted by molar-refractivity contribution is 8.17. The van der Waals surface area contributed by atoms with Crippen LogP contribution in [0.15, 0.2) is 16.1 Å². The average Bonchev–Trinajstić information content (AvgIpc) is 3.29. The summed E-state index contributed by atoms with van der Waals surface area (Å²) in [4.78, 5) is 68.6. The third kappa shape index (κ3) is 7.56. The van der Waals surface area contributed by atoms with Crippen molar-refractivity contribution in [1.82, 2.24) is 15.5 Å². The largest absolute Gasteiger partial charge is 0.463 e. The Balaban J connectivity index is 1.95. The molecule has 2 saturated heterocycles. The van der Waals surface area contributed by atoms with Gasteiger partial charge in [0.2, 0.25) is 0 Å². The quantitative estimate of drug-likeness (QED) is 0.269.